The minimum atomic E-state index is -3.08. The lowest BCUT2D eigenvalue weighted by Crippen LogP contribution is -2.35. The van der Waals surface area contributed by atoms with Gasteiger partial charge in [-0.1, -0.05) is 15.9 Å². The van der Waals surface area contributed by atoms with Gasteiger partial charge in [-0.05, 0) is 30.2 Å². The summed E-state index contributed by atoms with van der Waals surface area (Å²) in [5.74, 6) is -2.26. The maximum Gasteiger partial charge on any atom is 0.315 e. The number of alkyl halides is 2. The molecule has 0 saturated heterocycles. The molecule has 0 aliphatic rings. The molecule has 3 nitrogen and oxygen atoms in total. The van der Waals surface area contributed by atoms with Gasteiger partial charge >= 0.3 is 6.43 Å². The fourth-order valence-corrected chi connectivity index (χ4v) is 2.10. The number of rotatable bonds is 6. The molecule has 0 aromatic heterocycles. The Morgan fingerprint density at radius 1 is 1.37 bits per heavy atom. The van der Waals surface area contributed by atoms with E-state index in [1.165, 1.54) is 12.1 Å². The SMILES string of the molecule is O=C(NC[C@H](CO)Cc1cc(F)cc(Br)c1)C(F)F. The Labute approximate surface area is 116 Å². The van der Waals surface area contributed by atoms with Gasteiger partial charge in [0, 0.05) is 23.5 Å². The van der Waals surface area contributed by atoms with E-state index in [9.17, 15) is 18.0 Å². The lowest BCUT2D eigenvalue weighted by atomic mass is 10.00. The first-order valence-electron chi connectivity index (χ1n) is 5.54. The van der Waals surface area contributed by atoms with Crippen LogP contribution in [0.4, 0.5) is 13.2 Å². The maximum atomic E-state index is 13.1. The molecule has 0 bridgehead atoms. The minimum Gasteiger partial charge on any atom is -0.396 e. The summed E-state index contributed by atoms with van der Waals surface area (Å²) in [4.78, 5) is 10.7. The predicted molar refractivity (Wildman–Crippen MR) is 67.4 cm³/mol. The van der Waals surface area contributed by atoms with Crippen LogP contribution in [0, 0.1) is 11.7 Å². The number of amides is 1. The van der Waals surface area contributed by atoms with Crippen LogP contribution in [0.3, 0.4) is 0 Å². The van der Waals surface area contributed by atoms with E-state index in [0.29, 0.717) is 10.0 Å². The average Bonchev–Trinajstić information content (AvgIpc) is 2.32. The molecule has 0 aliphatic heterocycles. The van der Waals surface area contributed by atoms with Crippen LogP contribution >= 0.6 is 15.9 Å². The molecule has 1 aromatic carbocycles. The third-order valence-corrected chi connectivity index (χ3v) is 2.93. The zero-order valence-corrected chi connectivity index (χ0v) is 11.5. The van der Waals surface area contributed by atoms with Crippen LogP contribution in [0.5, 0.6) is 0 Å². The van der Waals surface area contributed by atoms with Crippen molar-refractivity contribution in [3.63, 3.8) is 0 Å². The molecule has 0 unspecified atom stereocenters. The highest BCUT2D eigenvalue weighted by Gasteiger charge is 2.17. The van der Waals surface area contributed by atoms with Crippen molar-refractivity contribution in [1.29, 1.82) is 0 Å². The molecule has 7 heteroatoms. The van der Waals surface area contributed by atoms with Crippen LogP contribution in [0.2, 0.25) is 0 Å². The molecular formula is C12H13BrF3NO2. The second kappa shape index (κ2) is 7.49. The number of aliphatic hydroxyl groups is 1. The van der Waals surface area contributed by atoms with Crippen molar-refractivity contribution >= 4 is 21.8 Å². The van der Waals surface area contributed by atoms with Gasteiger partial charge in [0.1, 0.15) is 5.82 Å². The maximum absolute atomic E-state index is 13.1. The summed E-state index contributed by atoms with van der Waals surface area (Å²) in [7, 11) is 0. The number of carbonyl (C=O) groups is 1. The Hall–Kier alpha value is -1.08. The van der Waals surface area contributed by atoms with Crippen LogP contribution < -0.4 is 5.32 Å². The first-order valence-corrected chi connectivity index (χ1v) is 6.33. The van der Waals surface area contributed by atoms with Gasteiger partial charge in [-0.15, -0.1) is 0 Å². The Balaban J connectivity index is 2.59. The van der Waals surface area contributed by atoms with E-state index < -0.39 is 24.1 Å². The van der Waals surface area contributed by atoms with E-state index in [2.05, 4.69) is 15.9 Å². The van der Waals surface area contributed by atoms with E-state index in [1.54, 1.807) is 6.07 Å². The Bertz CT molecular complexity index is 423. The van der Waals surface area contributed by atoms with Gasteiger partial charge < -0.3 is 10.4 Å². The van der Waals surface area contributed by atoms with Crippen molar-refractivity contribution in [2.45, 2.75) is 12.8 Å². The molecule has 1 amide bonds. The number of aliphatic hydroxyl groups excluding tert-OH is 1. The van der Waals surface area contributed by atoms with Crippen molar-refractivity contribution < 1.29 is 23.1 Å². The first-order chi connectivity index (χ1) is 8.92. The van der Waals surface area contributed by atoms with Crippen LogP contribution in [0.25, 0.3) is 0 Å². The van der Waals surface area contributed by atoms with Crippen LogP contribution in [0.15, 0.2) is 22.7 Å². The molecule has 19 heavy (non-hydrogen) atoms. The quantitative estimate of drug-likeness (QED) is 0.834. The van der Waals surface area contributed by atoms with Crippen molar-refractivity contribution in [3.8, 4) is 0 Å². The lowest BCUT2D eigenvalue weighted by molar-refractivity contribution is -0.131. The molecule has 106 valence electrons. The number of nitrogens with one attached hydrogen (secondary N) is 1. The van der Waals surface area contributed by atoms with Gasteiger partial charge in [-0.25, -0.2) is 4.39 Å². The van der Waals surface area contributed by atoms with Crippen molar-refractivity contribution in [3.05, 3.63) is 34.1 Å². The highest BCUT2D eigenvalue weighted by Crippen LogP contribution is 2.17. The van der Waals surface area contributed by atoms with Crippen molar-refractivity contribution in [2.24, 2.45) is 5.92 Å². The van der Waals surface area contributed by atoms with E-state index in [0.717, 1.165) is 0 Å². The molecule has 0 aliphatic carbocycles. The Kier molecular flexibility index (Phi) is 6.30. The van der Waals surface area contributed by atoms with Gasteiger partial charge in [0.25, 0.3) is 5.91 Å². The summed E-state index contributed by atoms with van der Waals surface area (Å²) in [5.41, 5.74) is 0.609. The predicted octanol–water partition coefficient (Wildman–Crippen LogP) is 2.12. The third-order valence-electron chi connectivity index (χ3n) is 2.47. The summed E-state index contributed by atoms with van der Waals surface area (Å²) in [6, 6.07) is 4.25. The largest absolute Gasteiger partial charge is 0.396 e. The number of hydrogen-bond acceptors (Lipinski definition) is 2. The van der Waals surface area contributed by atoms with Crippen LogP contribution in [-0.2, 0) is 11.2 Å². The van der Waals surface area contributed by atoms with Gasteiger partial charge in [0.15, 0.2) is 0 Å². The van der Waals surface area contributed by atoms with Crippen molar-refractivity contribution in [1.82, 2.24) is 5.32 Å². The molecule has 0 spiro atoms. The fourth-order valence-electron chi connectivity index (χ4n) is 1.59. The highest BCUT2D eigenvalue weighted by atomic mass is 79.9. The lowest BCUT2D eigenvalue weighted by Gasteiger charge is -2.15. The smallest absolute Gasteiger partial charge is 0.315 e. The fraction of sp³-hybridized carbons (Fsp3) is 0.417. The molecule has 2 N–H and O–H groups in total. The van der Waals surface area contributed by atoms with Gasteiger partial charge in [0.05, 0.1) is 0 Å². The standard InChI is InChI=1S/C12H13BrF3NO2/c13-9-2-7(3-10(14)4-9)1-8(6-18)5-17-12(19)11(15)16/h2-4,8,11,18H,1,5-6H2,(H,17,19)/t8-/m1/s1. The molecule has 0 saturated carbocycles. The summed E-state index contributed by atoms with van der Waals surface area (Å²) in [6.45, 7) is -0.383. The number of benzene rings is 1. The molecule has 0 radical (unpaired) electrons. The second-order valence-corrected chi connectivity index (χ2v) is 4.99. The molecular weight excluding hydrogens is 327 g/mol. The normalized spacial score (nSPS) is 12.5. The summed E-state index contributed by atoms with van der Waals surface area (Å²) >= 11 is 3.13. The Morgan fingerprint density at radius 2 is 2.05 bits per heavy atom. The van der Waals surface area contributed by atoms with Crippen molar-refractivity contribution in [2.75, 3.05) is 13.2 Å². The molecule has 0 heterocycles. The minimum absolute atomic E-state index is 0.0895. The summed E-state index contributed by atoms with van der Waals surface area (Å²) in [5, 5.41) is 11.2. The van der Waals surface area contributed by atoms with E-state index >= 15 is 0 Å². The van der Waals surface area contributed by atoms with Gasteiger partial charge in [0.2, 0.25) is 0 Å². The van der Waals surface area contributed by atoms with Gasteiger partial charge in [-0.3, -0.25) is 4.79 Å². The van der Waals surface area contributed by atoms with E-state index in [-0.39, 0.29) is 19.6 Å². The molecule has 1 rings (SSSR count). The van der Waals surface area contributed by atoms with E-state index in [4.69, 9.17) is 5.11 Å². The summed E-state index contributed by atoms with van der Waals surface area (Å²) in [6.07, 6.45) is -2.81. The molecule has 1 atom stereocenters. The third kappa shape index (κ3) is 5.61. The van der Waals surface area contributed by atoms with Crippen LogP contribution in [-0.4, -0.2) is 30.6 Å². The zero-order chi connectivity index (χ0) is 14.4. The summed E-state index contributed by atoms with van der Waals surface area (Å²) < 4.78 is 37.7. The van der Waals surface area contributed by atoms with E-state index in [1.807, 2.05) is 5.32 Å². The van der Waals surface area contributed by atoms with Gasteiger partial charge in [-0.2, -0.15) is 8.78 Å². The average molecular weight is 340 g/mol. The van der Waals surface area contributed by atoms with Crippen LogP contribution in [0.1, 0.15) is 5.56 Å². The highest BCUT2D eigenvalue weighted by molar-refractivity contribution is 9.10. The first kappa shape index (κ1) is 16.0. The monoisotopic (exact) mass is 339 g/mol. The number of hydrogen-bond donors (Lipinski definition) is 2. The number of halogens is 4. The molecule has 1 aromatic rings. The topological polar surface area (TPSA) is 49.3 Å². The second-order valence-electron chi connectivity index (χ2n) is 4.08. The zero-order valence-electron chi connectivity index (χ0n) is 9.88. The number of carbonyl (C=O) groups excluding carboxylic acids is 1. The molecule has 0 fully saturated rings. The Morgan fingerprint density at radius 3 is 2.58 bits per heavy atom.